The monoisotopic (exact) mass is 449 g/mol. The third-order valence-corrected chi connectivity index (χ3v) is 5.88. The Hall–Kier alpha value is -3.98. The number of nitrogens with one attached hydrogen (secondary N) is 1. The van der Waals surface area contributed by atoms with Gasteiger partial charge in [-0.05, 0) is 48.9 Å². The maximum absolute atomic E-state index is 13.3. The molecule has 0 bridgehead atoms. The van der Waals surface area contributed by atoms with Crippen LogP contribution in [0.1, 0.15) is 16.2 Å². The van der Waals surface area contributed by atoms with Gasteiger partial charge in [0.25, 0.3) is 5.56 Å². The molecule has 2 heterocycles. The van der Waals surface area contributed by atoms with E-state index in [2.05, 4.69) is 10.3 Å². The zero-order chi connectivity index (χ0) is 22.8. The first-order valence-corrected chi connectivity index (χ1v) is 10.5. The lowest BCUT2D eigenvalue weighted by atomic mass is 10.1. The van der Waals surface area contributed by atoms with E-state index in [-0.39, 0.29) is 17.7 Å². The van der Waals surface area contributed by atoms with Crippen molar-refractivity contribution in [2.24, 2.45) is 0 Å². The number of hydrogen-bond donors (Lipinski definition) is 2. The third kappa shape index (κ3) is 4.10. The molecule has 0 aliphatic carbocycles. The fourth-order valence-corrected chi connectivity index (χ4v) is 4.32. The fraction of sp³-hybridized carbons (Fsp3) is 0.130. The lowest BCUT2D eigenvalue weighted by Crippen LogP contribution is -2.30. The van der Waals surface area contributed by atoms with Gasteiger partial charge in [0.1, 0.15) is 22.9 Å². The maximum atomic E-state index is 13.3. The Morgan fingerprint density at radius 1 is 1.12 bits per heavy atom. The molecule has 9 heteroatoms. The Morgan fingerprint density at radius 3 is 2.44 bits per heavy atom. The number of fused-ring (bicyclic) bond motifs is 1. The van der Waals surface area contributed by atoms with Gasteiger partial charge in [-0.25, -0.2) is 9.78 Å². The van der Waals surface area contributed by atoms with E-state index in [0.717, 1.165) is 11.1 Å². The number of carbonyl (C=O) groups is 2. The van der Waals surface area contributed by atoms with Crippen LogP contribution in [0.25, 0.3) is 21.3 Å². The summed E-state index contributed by atoms with van der Waals surface area (Å²) < 4.78 is 6.53. The Morgan fingerprint density at radius 2 is 1.81 bits per heavy atom. The van der Waals surface area contributed by atoms with E-state index in [1.54, 1.807) is 14.0 Å². The van der Waals surface area contributed by atoms with Crippen molar-refractivity contribution in [2.45, 2.75) is 13.5 Å². The number of aromatic carboxylic acids is 1. The van der Waals surface area contributed by atoms with Crippen molar-refractivity contribution < 1.29 is 19.4 Å². The van der Waals surface area contributed by atoms with Gasteiger partial charge in [0.2, 0.25) is 5.91 Å². The van der Waals surface area contributed by atoms with Gasteiger partial charge in [-0.2, -0.15) is 0 Å². The number of rotatable bonds is 6. The summed E-state index contributed by atoms with van der Waals surface area (Å²) in [6.07, 6.45) is 0. The number of aromatic nitrogens is 2. The SMILES string of the molecule is COc1ccc(-c2csc3nc(C)n(CC(=O)Nc4ccc(C(=O)O)cc4)c(=O)c23)cc1. The summed E-state index contributed by atoms with van der Waals surface area (Å²) in [6.45, 7) is 1.47. The van der Waals surface area contributed by atoms with Crippen LogP contribution in [0, 0.1) is 6.92 Å². The van der Waals surface area contributed by atoms with E-state index in [4.69, 9.17) is 9.84 Å². The number of ether oxygens (including phenoxy) is 1. The number of benzene rings is 2. The second-order valence-electron chi connectivity index (χ2n) is 7.04. The highest BCUT2D eigenvalue weighted by Gasteiger charge is 2.17. The summed E-state index contributed by atoms with van der Waals surface area (Å²) in [6, 6.07) is 13.2. The molecule has 0 aliphatic rings. The van der Waals surface area contributed by atoms with Crippen LogP contribution in [0.5, 0.6) is 5.75 Å². The molecule has 0 radical (unpaired) electrons. The molecule has 8 nitrogen and oxygen atoms in total. The van der Waals surface area contributed by atoms with E-state index >= 15 is 0 Å². The molecule has 4 aromatic rings. The number of carboxylic acid groups (broad SMARTS) is 1. The van der Waals surface area contributed by atoms with Crippen molar-refractivity contribution in [1.29, 1.82) is 0 Å². The van der Waals surface area contributed by atoms with Crippen molar-refractivity contribution in [3.05, 3.63) is 75.7 Å². The molecule has 162 valence electrons. The standard InChI is InChI=1S/C23H19N3O5S/c1-13-24-21-20(18(12-32-21)14-5-9-17(31-2)10-6-14)22(28)26(13)11-19(27)25-16-7-3-15(4-8-16)23(29)30/h3-10,12H,11H2,1-2H3,(H,25,27)(H,29,30). The van der Waals surface area contributed by atoms with Crippen LogP contribution in [-0.2, 0) is 11.3 Å². The Balaban J connectivity index is 1.64. The highest BCUT2D eigenvalue weighted by Crippen LogP contribution is 2.32. The number of nitrogens with zero attached hydrogens (tertiary/aromatic N) is 2. The summed E-state index contributed by atoms with van der Waals surface area (Å²) in [5, 5.41) is 14.0. The molecule has 0 aliphatic heterocycles. The molecule has 1 amide bonds. The summed E-state index contributed by atoms with van der Waals surface area (Å²) >= 11 is 1.38. The van der Waals surface area contributed by atoms with E-state index in [1.165, 1.54) is 40.2 Å². The van der Waals surface area contributed by atoms with Gasteiger partial charge in [-0.3, -0.25) is 14.2 Å². The number of anilines is 1. The van der Waals surface area contributed by atoms with Crippen molar-refractivity contribution in [3.63, 3.8) is 0 Å². The average Bonchev–Trinajstić information content (AvgIpc) is 3.21. The minimum atomic E-state index is -1.05. The van der Waals surface area contributed by atoms with E-state index in [1.807, 2.05) is 29.6 Å². The molecule has 2 aromatic carbocycles. The fourth-order valence-electron chi connectivity index (χ4n) is 3.34. The lowest BCUT2D eigenvalue weighted by molar-refractivity contribution is -0.116. The summed E-state index contributed by atoms with van der Waals surface area (Å²) in [5.74, 6) is -0.316. The van der Waals surface area contributed by atoms with Crippen molar-refractivity contribution in [2.75, 3.05) is 12.4 Å². The van der Waals surface area contributed by atoms with Gasteiger partial charge in [0, 0.05) is 16.6 Å². The van der Waals surface area contributed by atoms with Crippen molar-refractivity contribution in [1.82, 2.24) is 9.55 Å². The zero-order valence-electron chi connectivity index (χ0n) is 17.3. The van der Waals surface area contributed by atoms with Gasteiger partial charge in [0.05, 0.1) is 18.1 Å². The van der Waals surface area contributed by atoms with Crippen molar-refractivity contribution in [3.8, 4) is 16.9 Å². The maximum Gasteiger partial charge on any atom is 0.335 e. The Kier molecular flexibility index (Phi) is 5.74. The van der Waals surface area contributed by atoms with Crippen LogP contribution >= 0.6 is 11.3 Å². The van der Waals surface area contributed by atoms with Crippen molar-refractivity contribution >= 4 is 39.1 Å². The zero-order valence-corrected chi connectivity index (χ0v) is 18.1. The van der Waals surface area contributed by atoms with Gasteiger partial charge in [-0.15, -0.1) is 11.3 Å². The van der Waals surface area contributed by atoms with E-state index in [0.29, 0.717) is 27.5 Å². The molecule has 0 saturated heterocycles. The lowest BCUT2D eigenvalue weighted by Gasteiger charge is -2.11. The quantitative estimate of drug-likeness (QED) is 0.464. The molecule has 0 unspecified atom stereocenters. The molecule has 0 spiro atoms. The average molecular weight is 449 g/mol. The largest absolute Gasteiger partial charge is 0.497 e. The van der Waals surface area contributed by atoms with Crippen LogP contribution in [0.4, 0.5) is 5.69 Å². The number of carboxylic acids is 1. The number of carbonyl (C=O) groups excluding carboxylic acids is 1. The minimum Gasteiger partial charge on any atom is -0.497 e. The van der Waals surface area contributed by atoms with Crippen LogP contribution in [0.15, 0.2) is 58.7 Å². The number of hydrogen-bond acceptors (Lipinski definition) is 6. The second-order valence-corrected chi connectivity index (χ2v) is 7.90. The topological polar surface area (TPSA) is 111 Å². The summed E-state index contributed by atoms with van der Waals surface area (Å²) in [4.78, 5) is 42.0. The summed E-state index contributed by atoms with van der Waals surface area (Å²) in [7, 11) is 1.59. The van der Waals surface area contributed by atoms with Crippen LogP contribution in [0.2, 0.25) is 0 Å². The van der Waals surface area contributed by atoms with E-state index in [9.17, 15) is 14.4 Å². The third-order valence-electron chi connectivity index (χ3n) is 5.00. The number of methoxy groups -OCH3 is 1. The molecule has 0 atom stereocenters. The van der Waals surface area contributed by atoms with Gasteiger partial charge < -0.3 is 15.2 Å². The highest BCUT2D eigenvalue weighted by molar-refractivity contribution is 7.17. The first-order valence-electron chi connectivity index (χ1n) is 9.63. The predicted octanol–water partition coefficient (Wildman–Crippen LogP) is 3.78. The minimum absolute atomic E-state index is 0.119. The molecule has 0 fully saturated rings. The number of thiophene rings is 1. The first-order chi connectivity index (χ1) is 15.4. The first kappa shape index (κ1) is 21.3. The molecule has 0 saturated carbocycles. The van der Waals surface area contributed by atoms with E-state index < -0.39 is 11.9 Å². The van der Waals surface area contributed by atoms with Gasteiger partial charge in [-0.1, -0.05) is 12.1 Å². The smallest absolute Gasteiger partial charge is 0.335 e. The van der Waals surface area contributed by atoms with Crippen LogP contribution in [0.3, 0.4) is 0 Å². The Labute approximate surface area is 186 Å². The molecule has 2 aromatic heterocycles. The van der Waals surface area contributed by atoms with Crippen LogP contribution < -0.4 is 15.6 Å². The van der Waals surface area contributed by atoms with Gasteiger partial charge >= 0.3 is 5.97 Å². The molecule has 2 N–H and O–H groups in total. The Bertz CT molecular complexity index is 1370. The molecular weight excluding hydrogens is 430 g/mol. The normalized spacial score (nSPS) is 10.8. The number of aryl methyl sites for hydroxylation is 1. The summed E-state index contributed by atoms with van der Waals surface area (Å²) in [5.41, 5.74) is 1.87. The molecule has 32 heavy (non-hydrogen) atoms. The second kappa shape index (κ2) is 8.64. The van der Waals surface area contributed by atoms with Crippen LogP contribution in [-0.4, -0.2) is 33.6 Å². The predicted molar refractivity (Wildman–Crippen MR) is 123 cm³/mol. The number of amides is 1. The van der Waals surface area contributed by atoms with Gasteiger partial charge in [0.15, 0.2) is 0 Å². The molecular formula is C23H19N3O5S. The highest BCUT2D eigenvalue weighted by atomic mass is 32.1. The molecule has 4 rings (SSSR count).